The Hall–Kier alpha value is -2.95. The smallest absolute Gasteiger partial charge is 0.287 e. The van der Waals surface area contributed by atoms with E-state index in [4.69, 9.17) is 13.9 Å². The van der Waals surface area contributed by atoms with E-state index >= 15 is 0 Å². The van der Waals surface area contributed by atoms with Gasteiger partial charge in [0.1, 0.15) is 5.58 Å². The van der Waals surface area contributed by atoms with E-state index in [1.54, 1.807) is 7.11 Å². The molecule has 0 spiro atoms. The Labute approximate surface area is 171 Å². The molecule has 0 aliphatic heterocycles. The van der Waals surface area contributed by atoms with Crippen molar-refractivity contribution in [2.75, 3.05) is 7.11 Å². The number of fused-ring (bicyclic) bond motifs is 1. The fourth-order valence-corrected chi connectivity index (χ4v) is 3.97. The molecule has 0 saturated heterocycles. The number of hydrogen-bond donors (Lipinski definition) is 1. The number of ether oxygens (including phenoxy) is 2. The quantitative estimate of drug-likeness (QED) is 0.595. The van der Waals surface area contributed by atoms with Crippen molar-refractivity contribution < 1.29 is 18.7 Å². The summed E-state index contributed by atoms with van der Waals surface area (Å²) >= 11 is 0. The first-order valence-corrected chi connectivity index (χ1v) is 10.2. The predicted octanol–water partition coefficient (Wildman–Crippen LogP) is 5.56. The van der Waals surface area contributed by atoms with Crippen LogP contribution in [0.3, 0.4) is 0 Å². The third-order valence-corrected chi connectivity index (χ3v) is 5.68. The normalized spacial score (nSPS) is 15.4. The van der Waals surface area contributed by atoms with Crippen molar-refractivity contribution in [1.29, 1.82) is 0 Å². The van der Waals surface area contributed by atoms with E-state index in [9.17, 15) is 4.79 Å². The number of carbonyl (C=O) groups is 1. The lowest BCUT2D eigenvalue weighted by Gasteiger charge is -2.19. The number of nitrogens with one attached hydrogen (secondary N) is 1. The maximum atomic E-state index is 12.8. The van der Waals surface area contributed by atoms with E-state index in [1.807, 2.05) is 56.3 Å². The van der Waals surface area contributed by atoms with Crippen LogP contribution in [0.5, 0.6) is 11.5 Å². The molecule has 2 aromatic carbocycles. The zero-order valence-corrected chi connectivity index (χ0v) is 17.2. The maximum Gasteiger partial charge on any atom is 0.287 e. The highest BCUT2D eigenvalue weighted by molar-refractivity contribution is 5.99. The Bertz CT molecular complexity index is 1020. The SMILES string of the molecule is COc1cc(C(C)NC(=O)c2oc3ccccc3c2C)ccc1OC1CCCC1. The van der Waals surface area contributed by atoms with Gasteiger partial charge in [0.05, 0.1) is 19.3 Å². The monoisotopic (exact) mass is 393 g/mol. The maximum absolute atomic E-state index is 12.8. The highest BCUT2D eigenvalue weighted by Gasteiger charge is 2.22. The summed E-state index contributed by atoms with van der Waals surface area (Å²) in [4.78, 5) is 12.8. The summed E-state index contributed by atoms with van der Waals surface area (Å²) in [7, 11) is 1.64. The number of furan rings is 1. The van der Waals surface area contributed by atoms with Crippen molar-refractivity contribution in [1.82, 2.24) is 5.32 Å². The first kappa shape index (κ1) is 19.4. The molecule has 1 atom stereocenters. The molecule has 3 aromatic rings. The molecule has 1 N–H and O–H groups in total. The molecule has 29 heavy (non-hydrogen) atoms. The molecule has 0 radical (unpaired) electrons. The molecule has 5 heteroatoms. The van der Waals surface area contributed by atoms with Gasteiger partial charge >= 0.3 is 0 Å². The van der Waals surface area contributed by atoms with Crippen LogP contribution in [0.2, 0.25) is 0 Å². The largest absolute Gasteiger partial charge is 0.493 e. The van der Waals surface area contributed by atoms with E-state index in [0.29, 0.717) is 11.5 Å². The van der Waals surface area contributed by atoms with Crippen LogP contribution < -0.4 is 14.8 Å². The number of amides is 1. The van der Waals surface area contributed by atoms with Crippen LogP contribution in [-0.4, -0.2) is 19.1 Å². The van der Waals surface area contributed by atoms with Gasteiger partial charge in [0.2, 0.25) is 0 Å². The van der Waals surface area contributed by atoms with Gasteiger partial charge in [-0.3, -0.25) is 4.79 Å². The van der Waals surface area contributed by atoms with E-state index in [1.165, 1.54) is 12.8 Å². The zero-order chi connectivity index (χ0) is 20.4. The minimum Gasteiger partial charge on any atom is -0.493 e. The molecule has 1 unspecified atom stereocenters. The summed E-state index contributed by atoms with van der Waals surface area (Å²) in [6, 6.07) is 13.3. The third kappa shape index (κ3) is 3.95. The second-order valence-corrected chi connectivity index (χ2v) is 7.68. The van der Waals surface area contributed by atoms with Gasteiger partial charge in [-0.1, -0.05) is 24.3 Å². The van der Waals surface area contributed by atoms with Crippen LogP contribution in [0.1, 0.15) is 60.3 Å². The number of para-hydroxylation sites is 1. The molecule has 152 valence electrons. The molecule has 4 rings (SSSR count). The van der Waals surface area contributed by atoms with Crippen LogP contribution in [0, 0.1) is 6.92 Å². The molecule has 1 aliphatic rings. The van der Waals surface area contributed by atoms with Crippen LogP contribution in [0.4, 0.5) is 0 Å². The zero-order valence-electron chi connectivity index (χ0n) is 17.2. The molecule has 5 nitrogen and oxygen atoms in total. The molecular weight excluding hydrogens is 366 g/mol. The van der Waals surface area contributed by atoms with Crippen molar-refractivity contribution in [3.8, 4) is 11.5 Å². The van der Waals surface area contributed by atoms with Crippen LogP contribution in [0.25, 0.3) is 11.0 Å². The Morgan fingerprint density at radius 2 is 1.90 bits per heavy atom. The van der Waals surface area contributed by atoms with E-state index in [-0.39, 0.29) is 18.1 Å². The molecule has 0 bridgehead atoms. The lowest BCUT2D eigenvalue weighted by Crippen LogP contribution is -2.26. The summed E-state index contributed by atoms with van der Waals surface area (Å²) in [5.41, 5.74) is 2.52. The number of benzene rings is 2. The lowest BCUT2D eigenvalue weighted by atomic mass is 10.1. The van der Waals surface area contributed by atoms with Crippen LogP contribution >= 0.6 is 0 Å². The minimum atomic E-state index is -0.226. The molecule has 1 aromatic heterocycles. The van der Waals surface area contributed by atoms with Crippen molar-refractivity contribution in [2.45, 2.75) is 51.7 Å². The van der Waals surface area contributed by atoms with E-state index < -0.39 is 0 Å². The Kier molecular flexibility index (Phi) is 5.47. The first-order valence-electron chi connectivity index (χ1n) is 10.2. The van der Waals surface area contributed by atoms with Gasteiger partial charge in [0, 0.05) is 10.9 Å². The Morgan fingerprint density at radius 1 is 1.14 bits per heavy atom. The number of rotatable bonds is 6. The highest BCUT2D eigenvalue weighted by Crippen LogP contribution is 2.34. The summed E-state index contributed by atoms with van der Waals surface area (Å²) in [5, 5.41) is 3.99. The van der Waals surface area contributed by atoms with Crippen LogP contribution in [0.15, 0.2) is 46.9 Å². The van der Waals surface area contributed by atoms with Gasteiger partial charge in [-0.2, -0.15) is 0 Å². The van der Waals surface area contributed by atoms with Crippen molar-refractivity contribution in [3.05, 3.63) is 59.4 Å². The average molecular weight is 393 g/mol. The van der Waals surface area contributed by atoms with Gasteiger partial charge in [0.25, 0.3) is 5.91 Å². The van der Waals surface area contributed by atoms with Gasteiger partial charge in [-0.15, -0.1) is 0 Å². The summed E-state index contributed by atoms with van der Waals surface area (Å²) in [6.45, 7) is 3.85. The highest BCUT2D eigenvalue weighted by atomic mass is 16.5. The Morgan fingerprint density at radius 3 is 2.62 bits per heavy atom. The molecule has 1 aliphatic carbocycles. The lowest BCUT2D eigenvalue weighted by molar-refractivity contribution is 0.0913. The molecule has 1 amide bonds. The van der Waals surface area contributed by atoms with Gasteiger partial charge < -0.3 is 19.2 Å². The van der Waals surface area contributed by atoms with Crippen molar-refractivity contribution in [2.24, 2.45) is 0 Å². The van der Waals surface area contributed by atoms with Crippen molar-refractivity contribution in [3.63, 3.8) is 0 Å². The minimum absolute atomic E-state index is 0.204. The number of hydrogen-bond acceptors (Lipinski definition) is 4. The van der Waals surface area contributed by atoms with Gasteiger partial charge in [-0.25, -0.2) is 0 Å². The average Bonchev–Trinajstić information content (AvgIpc) is 3.36. The molecule has 1 saturated carbocycles. The van der Waals surface area contributed by atoms with Gasteiger partial charge in [-0.05, 0) is 63.3 Å². The number of aryl methyl sites for hydroxylation is 1. The fraction of sp³-hybridized carbons (Fsp3) is 0.375. The summed E-state index contributed by atoms with van der Waals surface area (Å²) < 4.78 is 17.4. The fourth-order valence-electron chi connectivity index (χ4n) is 3.97. The van der Waals surface area contributed by atoms with E-state index in [2.05, 4.69) is 5.32 Å². The van der Waals surface area contributed by atoms with Crippen LogP contribution in [-0.2, 0) is 0 Å². The third-order valence-electron chi connectivity index (χ3n) is 5.68. The molecular formula is C24H27NO4. The molecule has 1 heterocycles. The predicted molar refractivity (Wildman–Crippen MR) is 113 cm³/mol. The van der Waals surface area contributed by atoms with Gasteiger partial charge in [0.15, 0.2) is 17.3 Å². The number of carbonyl (C=O) groups excluding carboxylic acids is 1. The van der Waals surface area contributed by atoms with Crippen molar-refractivity contribution >= 4 is 16.9 Å². The number of methoxy groups -OCH3 is 1. The summed E-state index contributed by atoms with van der Waals surface area (Å²) in [5.74, 6) is 1.58. The Balaban J connectivity index is 1.50. The topological polar surface area (TPSA) is 60.7 Å². The molecule has 1 fully saturated rings. The van der Waals surface area contributed by atoms with E-state index in [0.717, 1.165) is 40.7 Å². The summed E-state index contributed by atoms with van der Waals surface area (Å²) in [6.07, 6.45) is 4.88. The standard InChI is InChI=1S/C24H27NO4/c1-15-19-10-6-7-11-20(19)29-23(15)24(26)25-16(2)17-12-13-21(22(14-17)27-3)28-18-8-4-5-9-18/h6-7,10-14,16,18H,4-5,8-9H2,1-3H3,(H,25,26). The first-order chi connectivity index (χ1) is 14.1. The second kappa shape index (κ2) is 8.19. The second-order valence-electron chi connectivity index (χ2n) is 7.68.